The van der Waals surface area contributed by atoms with Crippen molar-refractivity contribution in [2.75, 3.05) is 11.9 Å². The van der Waals surface area contributed by atoms with Crippen LogP contribution in [0.3, 0.4) is 0 Å². The Morgan fingerprint density at radius 2 is 1.86 bits per heavy atom. The summed E-state index contributed by atoms with van der Waals surface area (Å²) in [5.41, 5.74) is 1.17. The van der Waals surface area contributed by atoms with Crippen LogP contribution in [0.2, 0.25) is 0 Å². The van der Waals surface area contributed by atoms with Gasteiger partial charge in [-0.15, -0.1) is 0 Å². The van der Waals surface area contributed by atoms with E-state index in [0.29, 0.717) is 0 Å². The molecule has 0 saturated heterocycles. The van der Waals surface area contributed by atoms with Crippen molar-refractivity contribution in [3.8, 4) is 0 Å². The van der Waals surface area contributed by atoms with E-state index < -0.39 is 11.5 Å². The number of hydrogen-bond acceptors (Lipinski definition) is 2. The van der Waals surface area contributed by atoms with Crippen LogP contribution in [0.25, 0.3) is 0 Å². The highest BCUT2D eigenvalue weighted by atomic mass is 16.4. The van der Waals surface area contributed by atoms with E-state index in [-0.39, 0.29) is 12.5 Å². The van der Waals surface area contributed by atoms with Crippen molar-refractivity contribution in [3.63, 3.8) is 0 Å². The molecule has 21 heavy (non-hydrogen) atoms. The van der Waals surface area contributed by atoms with Gasteiger partial charge in [-0.05, 0) is 31.4 Å². The molecule has 0 aliphatic heterocycles. The van der Waals surface area contributed by atoms with Gasteiger partial charge in [-0.1, -0.05) is 37.5 Å². The van der Waals surface area contributed by atoms with Gasteiger partial charge < -0.3 is 15.7 Å². The molecule has 3 N–H and O–H groups in total. The molecule has 0 bridgehead atoms. The van der Waals surface area contributed by atoms with E-state index >= 15 is 0 Å². The highest BCUT2D eigenvalue weighted by Crippen LogP contribution is 2.37. The second-order valence-corrected chi connectivity index (χ2v) is 5.77. The van der Waals surface area contributed by atoms with Crippen molar-refractivity contribution in [1.29, 1.82) is 0 Å². The molecule has 1 saturated carbocycles. The number of para-hydroxylation sites is 1. The Morgan fingerprint density at radius 1 is 1.19 bits per heavy atom. The molecule has 5 nitrogen and oxygen atoms in total. The van der Waals surface area contributed by atoms with Gasteiger partial charge in [-0.25, -0.2) is 4.79 Å². The van der Waals surface area contributed by atoms with Crippen molar-refractivity contribution in [2.24, 2.45) is 5.41 Å². The van der Waals surface area contributed by atoms with E-state index in [1.807, 2.05) is 31.2 Å². The summed E-state index contributed by atoms with van der Waals surface area (Å²) in [4.78, 5) is 23.5. The lowest BCUT2D eigenvalue weighted by atomic mass is 9.73. The Kier molecular flexibility index (Phi) is 4.83. The summed E-state index contributed by atoms with van der Waals surface area (Å²) in [6.45, 7) is 2.12. The molecule has 1 aromatic carbocycles. The zero-order chi connectivity index (χ0) is 15.3. The third-order valence-corrected chi connectivity index (χ3v) is 4.26. The second-order valence-electron chi connectivity index (χ2n) is 5.77. The van der Waals surface area contributed by atoms with Gasteiger partial charge in [0.05, 0.1) is 5.41 Å². The number of rotatable bonds is 4. The molecule has 0 spiro atoms. The van der Waals surface area contributed by atoms with Crippen molar-refractivity contribution in [3.05, 3.63) is 29.8 Å². The molecule has 0 aromatic heterocycles. The van der Waals surface area contributed by atoms with Gasteiger partial charge in [0, 0.05) is 12.2 Å². The predicted molar refractivity (Wildman–Crippen MR) is 81.4 cm³/mol. The van der Waals surface area contributed by atoms with Crippen LogP contribution >= 0.6 is 0 Å². The first-order valence-electron chi connectivity index (χ1n) is 7.37. The maximum Gasteiger partial charge on any atom is 0.404 e. The average Bonchev–Trinajstić information content (AvgIpc) is 2.48. The maximum atomic E-state index is 12.7. The molecular weight excluding hydrogens is 268 g/mol. The molecule has 2 rings (SSSR count). The first-order valence-corrected chi connectivity index (χ1v) is 7.37. The van der Waals surface area contributed by atoms with Crippen molar-refractivity contribution >= 4 is 17.7 Å². The number of carbonyl (C=O) groups excluding carboxylic acids is 1. The van der Waals surface area contributed by atoms with Crippen molar-refractivity contribution < 1.29 is 14.7 Å². The number of benzene rings is 1. The normalized spacial score (nSPS) is 17.0. The van der Waals surface area contributed by atoms with E-state index in [1.165, 1.54) is 0 Å². The maximum absolute atomic E-state index is 12.7. The largest absolute Gasteiger partial charge is 0.465 e. The minimum Gasteiger partial charge on any atom is -0.465 e. The summed E-state index contributed by atoms with van der Waals surface area (Å²) in [6.07, 6.45) is 3.40. The van der Waals surface area contributed by atoms with Gasteiger partial charge in [-0.3, -0.25) is 4.79 Å². The molecular formula is C16H22N2O3. The lowest BCUT2D eigenvalue weighted by molar-refractivity contribution is -0.127. The Labute approximate surface area is 124 Å². The summed E-state index contributed by atoms with van der Waals surface area (Å²) in [5.74, 6) is -0.0785. The van der Waals surface area contributed by atoms with Gasteiger partial charge >= 0.3 is 6.09 Å². The molecule has 5 heteroatoms. The fourth-order valence-electron chi connectivity index (χ4n) is 2.93. The Bertz CT molecular complexity index is 522. The Balaban J connectivity index is 2.14. The molecule has 0 unspecified atom stereocenters. The monoisotopic (exact) mass is 290 g/mol. The topological polar surface area (TPSA) is 78.4 Å². The number of hydrogen-bond donors (Lipinski definition) is 3. The van der Waals surface area contributed by atoms with E-state index in [9.17, 15) is 9.59 Å². The van der Waals surface area contributed by atoms with Crippen molar-refractivity contribution in [2.45, 2.75) is 39.0 Å². The average molecular weight is 290 g/mol. The van der Waals surface area contributed by atoms with E-state index in [2.05, 4.69) is 10.6 Å². The minimum atomic E-state index is -1.08. The van der Waals surface area contributed by atoms with Gasteiger partial charge in [0.2, 0.25) is 5.91 Å². The zero-order valence-electron chi connectivity index (χ0n) is 12.3. The fourth-order valence-corrected chi connectivity index (χ4v) is 2.93. The predicted octanol–water partition coefficient (Wildman–Crippen LogP) is 3.15. The first kappa shape index (κ1) is 15.4. The zero-order valence-corrected chi connectivity index (χ0v) is 12.3. The summed E-state index contributed by atoms with van der Waals surface area (Å²) in [6, 6.07) is 7.62. The van der Waals surface area contributed by atoms with E-state index in [4.69, 9.17) is 5.11 Å². The van der Waals surface area contributed by atoms with Crippen LogP contribution in [0, 0.1) is 12.3 Å². The number of aryl methyl sites for hydroxylation is 1. The van der Waals surface area contributed by atoms with Crippen molar-refractivity contribution in [1.82, 2.24) is 5.32 Å². The number of carbonyl (C=O) groups is 2. The molecule has 2 amide bonds. The number of anilines is 1. The van der Waals surface area contributed by atoms with Crippen LogP contribution in [0.5, 0.6) is 0 Å². The molecule has 0 radical (unpaired) electrons. The first-order chi connectivity index (χ1) is 10.0. The smallest absolute Gasteiger partial charge is 0.404 e. The Morgan fingerprint density at radius 3 is 2.48 bits per heavy atom. The highest BCUT2D eigenvalue weighted by Gasteiger charge is 2.39. The van der Waals surface area contributed by atoms with Crippen LogP contribution in [-0.2, 0) is 4.79 Å². The quantitative estimate of drug-likeness (QED) is 0.797. The number of nitrogens with one attached hydrogen (secondary N) is 2. The van der Waals surface area contributed by atoms with Crippen LogP contribution < -0.4 is 10.6 Å². The van der Waals surface area contributed by atoms with Crippen LogP contribution in [0.4, 0.5) is 10.5 Å². The Hall–Kier alpha value is -2.04. The summed E-state index contributed by atoms with van der Waals surface area (Å²) >= 11 is 0. The summed E-state index contributed by atoms with van der Waals surface area (Å²) in [5, 5.41) is 14.2. The van der Waals surface area contributed by atoms with Gasteiger partial charge in [0.15, 0.2) is 0 Å². The summed E-state index contributed by atoms with van der Waals surface area (Å²) < 4.78 is 0. The lowest BCUT2D eigenvalue weighted by Crippen LogP contribution is -2.46. The molecule has 0 atom stereocenters. The standard InChI is InChI=1S/C16H22N2O3/c1-12-7-3-4-8-13(12)18-14(19)16(11-17-15(20)21)9-5-2-6-10-16/h3-4,7-8,17H,2,5-6,9-11H2,1H3,(H,18,19)(H,20,21). The fraction of sp³-hybridized carbons (Fsp3) is 0.500. The lowest BCUT2D eigenvalue weighted by Gasteiger charge is -2.35. The van der Waals surface area contributed by atoms with Crippen LogP contribution in [0.15, 0.2) is 24.3 Å². The van der Waals surface area contributed by atoms with Crippen LogP contribution in [0.1, 0.15) is 37.7 Å². The van der Waals surface area contributed by atoms with Gasteiger partial charge in [-0.2, -0.15) is 0 Å². The molecule has 0 heterocycles. The molecule has 114 valence electrons. The molecule has 1 aliphatic rings. The minimum absolute atomic E-state index is 0.0785. The van der Waals surface area contributed by atoms with Gasteiger partial charge in [0.25, 0.3) is 0 Å². The highest BCUT2D eigenvalue weighted by molar-refractivity contribution is 5.96. The molecule has 1 aromatic rings. The third-order valence-electron chi connectivity index (χ3n) is 4.26. The summed E-state index contributed by atoms with van der Waals surface area (Å²) in [7, 11) is 0. The molecule has 1 aliphatic carbocycles. The van der Waals surface area contributed by atoms with Crippen LogP contribution in [-0.4, -0.2) is 23.7 Å². The molecule has 1 fully saturated rings. The third kappa shape index (κ3) is 3.74. The van der Waals surface area contributed by atoms with E-state index in [1.54, 1.807) is 0 Å². The number of carboxylic acid groups (broad SMARTS) is 1. The number of amides is 2. The SMILES string of the molecule is Cc1ccccc1NC(=O)C1(CNC(=O)O)CCCCC1. The van der Waals surface area contributed by atoms with E-state index in [0.717, 1.165) is 43.4 Å². The second kappa shape index (κ2) is 6.61. The van der Waals surface area contributed by atoms with Gasteiger partial charge in [0.1, 0.15) is 0 Å².